The number of aromatic amines is 1. The molecule has 0 fully saturated rings. The second-order valence-corrected chi connectivity index (χ2v) is 7.38. The molecule has 0 saturated carbocycles. The van der Waals surface area contributed by atoms with Crippen LogP contribution in [-0.2, 0) is 6.54 Å². The minimum atomic E-state index is -0.933. The van der Waals surface area contributed by atoms with Gasteiger partial charge < -0.3 is 9.55 Å². The molecule has 0 spiro atoms. The van der Waals surface area contributed by atoms with Gasteiger partial charge in [0.1, 0.15) is 17.2 Å². The average Bonchev–Trinajstić information content (AvgIpc) is 3.33. The van der Waals surface area contributed by atoms with Gasteiger partial charge in [-0.05, 0) is 48.9 Å². The molecule has 5 aromatic rings. The zero-order valence-corrected chi connectivity index (χ0v) is 16.4. The maximum atomic E-state index is 14.3. The molecule has 0 bridgehead atoms. The summed E-state index contributed by atoms with van der Waals surface area (Å²) in [5.74, 6) is -2.69. The Hall–Kier alpha value is -4.07. The lowest BCUT2D eigenvalue weighted by Crippen LogP contribution is -2.20. The van der Waals surface area contributed by atoms with Crippen LogP contribution in [0, 0.1) is 18.6 Å². The molecule has 0 aliphatic rings. The molecule has 0 unspecified atom stereocenters. The van der Waals surface area contributed by atoms with E-state index in [-0.39, 0.29) is 23.2 Å². The van der Waals surface area contributed by atoms with Crippen LogP contribution >= 0.6 is 0 Å². The van der Waals surface area contributed by atoms with E-state index in [1.807, 2.05) is 30.5 Å². The second-order valence-electron chi connectivity index (χ2n) is 7.38. The van der Waals surface area contributed by atoms with Crippen molar-refractivity contribution < 1.29 is 13.6 Å². The Morgan fingerprint density at radius 3 is 2.61 bits per heavy atom. The van der Waals surface area contributed by atoms with Gasteiger partial charge in [-0.3, -0.25) is 9.59 Å². The number of nitrogens with one attached hydrogen (secondary N) is 1. The Balaban J connectivity index is 1.54. The van der Waals surface area contributed by atoms with Gasteiger partial charge in [-0.2, -0.15) is 5.10 Å². The van der Waals surface area contributed by atoms with Crippen molar-refractivity contribution in [2.75, 3.05) is 0 Å². The van der Waals surface area contributed by atoms with Crippen molar-refractivity contribution in [3.63, 3.8) is 0 Å². The van der Waals surface area contributed by atoms with Gasteiger partial charge in [-0.1, -0.05) is 6.07 Å². The molecule has 31 heavy (non-hydrogen) atoms. The number of halogens is 2. The van der Waals surface area contributed by atoms with Gasteiger partial charge in [0.2, 0.25) is 5.78 Å². The highest BCUT2D eigenvalue weighted by atomic mass is 19.1. The third kappa shape index (κ3) is 3.13. The molecule has 4 heterocycles. The first-order valence-corrected chi connectivity index (χ1v) is 9.56. The van der Waals surface area contributed by atoms with Crippen LogP contribution in [0.5, 0.6) is 0 Å². The summed E-state index contributed by atoms with van der Waals surface area (Å²) < 4.78 is 31.7. The highest BCUT2D eigenvalue weighted by molar-refractivity contribution is 6.16. The lowest BCUT2D eigenvalue weighted by molar-refractivity contribution is 0.103. The van der Waals surface area contributed by atoms with E-state index >= 15 is 0 Å². The van der Waals surface area contributed by atoms with E-state index in [0.717, 1.165) is 17.6 Å². The van der Waals surface area contributed by atoms with Crippen molar-refractivity contribution in [3.05, 3.63) is 105 Å². The summed E-state index contributed by atoms with van der Waals surface area (Å²) in [5.41, 5.74) is 1.19. The highest BCUT2D eigenvalue weighted by Gasteiger charge is 2.23. The molecule has 154 valence electrons. The molecule has 0 aliphatic carbocycles. The third-order valence-corrected chi connectivity index (χ3v) is 5.23. The zero-order valence-electron chi connectivity index (χ0n) is 16.4. The topological polar surface area (TPSA) is 72.2 Å². The van der Waals surface area contributed by atoms with Crippen LogP contribution in [0.15, 0.2) is 65.8 Å². The first-order chi connectivity index (χ1) is 14.9. The summed E-state index contributed by atoms with van der Waals surface area (Å²) in [4.78, 5) is 28.6. The van der Waals surface area contributed by atoms with Gasteiger partial charge in [0.15, 0.2) is 0 Å². The highest BCUT2D eigenvalue weighted by Crippen LogP contribution is 2.23. The van der Waals surface area contributed by atoms with Crippen molar-refractivity contribution in [2.45, 2.75) is 13.5 Å². The van der Waals surface area contributed by atoms with Crippen LogP contribution in [0.3, 0.4) is 0 Å². The van der Waals surface area contributed by atoms with E-state index in [1.165, 1.54) is 17.7 Å². The summed E-state index contributed by atoms with van der Waals surface area (Å²) in [6, 6.07) is 11.3. The van der Waals surface area contributed by atoms with Gasteiger partial charge >= 0.3 is 0 Å². The van der Waals surface area contributed by atoms with Crippen molar-refractivity contribution in [2.24, 2.45) is 0 Å². The van der Waals surface area contributed by atoms with Gasteiger partial charge in [0.05, 0.1) is 23.3 Å². The Labute approximate surface area is 174 Å². The number of aromatic nitrogens is 4. The van der Waals surface area contributed by atoms with Crippen molar-refractivity contribution in [1.29, 1.82) is 0 Å². The maximum absolute atomic E-state index is 14.3. The molecule has 0 saturated heterocycles. The van der Waals surface area contributed by atoms with E-state index in [0.29, 0.717) is 16.6 Å². The van der Waals surface area contributed by atoms with E-state index in [4.69, 9.17) is 0 Å². The van der Waals surface area contributed by atoms with Crippen molar-refractivity contribution in [3.8, 4) is 0 Å². The molecule has 0 radical (unpaired) electrons. The summed E-state index contributed by atoms with van der Waals surface area (Å²) in [5, 5.41) is 4.74. The quantitative estimate of drug-likeness (QED) is 0.451. The molecule has 0 atom stereocenters. The van der Waals surface area contributed by atoms with E-state index < -0.39 is 23.0 Å². The van der Waals surface area contributed by atoms with Crippen LogP contribution in [0.2, 0.25) is 0 Å². The maximum Gasteiger partial charge on any atom is 0.275 e. The monoisotopic (exact) mass is 418 g/mol. The van der Waals surface area contributed by atoms with Crippen LogP contribution in [0.1, 0.15) is 27.2 Å². The second kappa shape index (κ2) is 7.02. The van der Waals surface area contributed by atoms with Gasteiger partial charge in [0.25, 0.3) is 5.56 Å². The lowest BCUT2D eigenvalue weighted by Gasteiger charge is -2.06. The molecular weight excluding hydrogens is 402 g/mol. The van der Waals surface area contributed by atoms with Gasteiger partial charge in [-0.15, -0.1) is 0 Å². The number of hydrogen-bond acceptors (Lipinski definition) is 3. The fraction of sp³-hybridized carbons (Fsp3) is 0.0870. The number of nitrogens with zero attached hydrogens (tertiary/aromatic N) is 3. The average molecular weight is 418 g/mol. The van der Waals surface area contributed by atoms with Crippen LogP contribution in [-0.4, -0.2) is 24.9 Å². The van der Waals surface area contributed by atoms with Gasteiger partial charge in [0, 0.05) is 29.5 Å². The number of carbonyl (C=O) groups excluding carboxylic acids is 1. The number of benzene rings is 1. The predicted octanol–water partition coefficient (Wildman–Crippen LogP) is 3.84. The molecule has 0 amide bonds. The van der Waals surface area contributed by atoms with Crippen LogP contribution in [0.25, 0.3) is 16.4 Å². The number of hydrogen-bond donors (Lipinski definition) is 1. The third-order valence-electron chi connectivity index (χ3n) is 5.23. The van der Waals surface area contributed by atoms with E-state index in [9.17, 15) is 18.4 Å². The minimum absolute atomic E-state index is 0.0358. The minimum Gasteiger partial charge on any atom is -0.356 e. The zero-order chi connectivity index (χ0) is 21.7. The number of carbonyl (C=O) groups is 1. The van der Waals surface area contributed by atoms with Crippen molar-refractivity contribution in [1.82, 2.24) is 19.2 Å². The molecule has 4 aromatic heterocycles. The molecule has 6 nitrogen and oxygen atoms in total. The van der Waals surface area contributed by atoms with E-state index in [1.54, 1.807) is 16.8 Å². The Kier molecular flexibility index (Phi) is 4.28. The van der Waals surface area contributed by atoms with Crippen LogP contribution in [0.4, 0.5) is 8.78 Å². The largest absolute Gasteiger partial charge is 0.356 e. The molecule has 0 aliphatic heterocycles. The summed E-state index contributed by atoms with van der Waals surface area (Å²) >= 11 is 0. The number of fused-ring (bicyclic) bond motifs is 2. The summed E-state index contributed by atoms with van der Waals surface area (Å²) in [7, 11) is 0. The number of aryl methyl sites for hydroxylation is 1. The molecular formula is C23H16F2N4O2. The number of pyridine rings is 2. The Morgan fingerprint density at radius 2 is 1.87 bits per heavy atom. The SMILES string of the molecule is Cc1cc(F)c(C(=O)c2c[nH]c3c(=O)n(Cc4cc5ccccn5n4)ccc23)c(F)c1. The predicted molar refractivity (Wildman–Crippen MR) is 111 cm³/mol. The standard InChI is InChI=1S/C23H16F2N4O2/c1-13-8-18(24)20(19(25)9-13)22(30)17-11-26-21-16(17)5-7-28(23(21)31)12-14-10-15-4-2-3-6-29(15)27-14/h2-11,26H,12H2,1H3. The number of ketones is 1. The summed E-state index contributed by atoms with van der Waals surface area (Å²) in [6.07, 6.45) is 4.67. The molecule has 1 aromatic carbocycles. The number of rotatable bonds is 4. The van der Waals surface area contributed by atoms with Gasteiger partial charge in [-0.25, -0.2) is 13.3 Å². The van der Waals surface area contributed by atoms with Crippen molar-refractivity contribution >= 4 is 22.2 Å². The van der Waals surface area contributed by atoms with E-state index in [2.05, 4.69) is 10.1 Å². The smallest absolute Gasteiger partial charge is 0.275 e. The molecule has 5 rings (SSSR count). The Morgan fingerprint density at radius 1 is 1.10 bits per heavy atom. The lowest BCUT2D eigenvalue weighted by atomic mass is 10.0. The fourth-order valence-electron chi connectivity index (χ4n) is 3.77. The normalized spacial score (nSPS) is 11.5. The molecule has 1 N–H and O–H groups in total. The molecule has 8 heteroatoms. The number of H-pyrrole nitrogens is 1. The Bertz CT molecular complexity index is 1490. The fourth-order valence-corrected chi connectivity index (χ4v) is 3.77. The summed E-state index contributed by atoms with van der Waals surface area (Å²) in [6.45, 7) is 1.78. The first-order valence-electron chi connectivity index (χ1n) is 9.56. The first kappa shape index (κ1) is 18.9. The van der Waals surface area contributed by atoms with Crippen LogP contribution < -0.4 is 5.56 Å².